The first kappa shape index (κ1) is 30.1. The first-order valence-electron chi connectivity index (χ1n) is 21.2. The molecule has 61 heavy (non-hydrogen) atoms. The molecule has 0 fully saturated rings. The fraction of sp³-hybridized carbons (Fsp3) is 0. The van der Waals surface area contributed by atoms with Gasteiger partial charge in [-0.1, -0.05) is 91.0 Å². The molecular formula is C52H28B2N6O. The number of fused-ring (bicyclic) bond motifs is 12. The molecule has 9 heteroatoms. The van der Waals surface area contributed by atoms with Gasteiger partial charge in [-0.25, -0.2) is 0 Å². The summed E-state index contributed by atoms with van der Waals surface area (Å²) in [5.41, 5.74) is 16.9. The lowest BCUT2D eigenvalue weighted by molar-refractivity contribution is 0.479. The topological polar surface area (TPSA) is 28.7 Å². The van der Waals surface area contributed by atoms with Crippen LogP contribution in [0.3, 0.4) is 0 Å². The monoisotopic (exact) mass is 774 g/mol. The van der Waals surface area contributed by atoms with Crippen LogP contribution in [0.4, 0.5) is 68.2 Å². The van der Waals surface area contributed by atoms with Gasteiger partial charge in [0, 0.05) is 55.7 Å². The fourth-order valence-electron chi connectivity index (χ4n) is 12.4. The van der Waals surface area contributed by atoms with E-state index in [1.165, 1.54) is 111 Å². The first-order valence-corrected chi connectivity index (χ1v) is 21.2. The zero-order chi connectivity index (χ0) is 39.0. The molecule has 0 aromatic heterocycles. The van der Waals surface area contributed by atoms with Crippen LogP contribution in [0.5, 0.6) is 11.5 Å². The molecule has 278 valence electrons. The molecule has 0 saturated carbocycles. The molecule has 0 spiro atoms. The lowest BCUT2D eigenvalue weighted by atomic mass is 9.74. The molecule has 10 aromatic carbocycles. The van der Waals surface area contributed by atoms with Gasteiger partial charge in [0.05, 0.1) is 34.1 Å². The summed E-state index contributed by atoms with van der Waals surface area (Å²) in [6.07, 6.45) is 0. The Morgan fingerprint density at radius 3 is 1.30 bits per heavy atom. The minimum atomic E-state index is -0.122. The summed E-state index contributed by atoms with van der Waals surface area (Å²) in [7, 11) is -0.202. The molecule has 0 saturated heterocycles. The second-order valence-electron chi connectivity index (χ2n) is 17.3. The van der Waals surface area contributed by atoms with Crippen molar-refractivity contribution in [3.05, 3.63) is 170 Å². The average Bonchev–Trinajstić information content (AvgIpc) is 3.84. The Balaban J connectivity index is 0.929. The normalized spacial score (nSPS) is 15.7. The second kappa shape index (κ2) is 9.87. The summed E-state index contributed by atoms with van der Waals surface area (Å²) < 4.78 is 6.77. The van der Waals surface area contributed by atoms with E-state index in [-0.39, 0.29) is 14.2 Å². The van der Waals surface area contributed by atoms with Crippen LogP contribution in [0.1, 0.15) is 0 Å². The van der Waals surface area contributed by atoms with Crippen molar-refractivity contribution < 1.29 is 4.74 Å². The molecular weight excluding hydrogens is 746 g/mol. The van der Waals surface area contributed by atoms with Gasteiger partial charge in [0.2, 0.25) is 0 Å². The smallest absolute Gasteiger partial charge is 0.453 e. The van der Waals surface area contributed by atoms with Crippen molar-refractivity contribution in [3.63, 3.8) is 0 Å². The van der Waals surface area contributed by atoms with Crippen molar-refractivity contribution >= 4 is 126 Å². The van der Waals surface area contributed by atoms with E-state index in [1.54, 1.807) is 0 Å². The maximum Gasteiger partial charge on any atom is 0.519 e. The lowest BCUT2D eigenvalue weighted by Gasteiger charge is -2.48. The summed E-state index contributed by atoms with van der Waals surface area (Å²) in [5.74, 6) is 1.82. The van der Waals surface area contributed by atoms with Gasteiger partial charge in [-0.2, -0.15) is 0 Å². The largest absolute Gasteiger partial charge is 0.519 e. The van der Waals surface area contributed by atoms with E-state index in [9.17, 15) is 0 Å². The Morgan fingerprint density at radius 2 is 0.705 bits per heavy atom. The minimum absolute atomic E-state index is 0.0799. The molecule has 7 heterocycles. The van der Waals surface area contributed by atoms with Crippen LogP contribution >= 0.6 is 0 Å². The number of hydrogen-bond acceptors (Lipinski definition) is 7. The van der Waals surface area contributed by atoms with E-state index in [1.807, 2.05) is 0 Å². The van der Waals surface area contributed by atoms with Gasteiger partial charge in [-0.15, -0.1) is 0 Å². The maximum absolute atomic E-state index is 6.77. The Morgan fingerprint density at radius 1 is 0.279 bits per heavy atom. The quantitative estimate of drug-likeness (QED) is 0.153. The van der Waals surface area contributed by atoms with E-state index in [0.717, 1.165) is 22.9 Å². The zero-order valence-electron chi connectivity index (χ0n) is 32.4. The van der Waals surface area contributed by atoms with Crippen molar-refractivity contribution in [1.82, 2.24) is 0 Å². The lowest BCUT2D eigenvalue weighted by Crippen LogP contribution is -2.59. The molecule has 0 N–H and O–H groups in total. The van der Waals surface area contributed by atoms with Crippen molar-refractivity contribution in [2.45, 2.75) is 0 Å². The standard InChI is InChI=1S/C52H28B2N6O/c1-2-14-36-35(13-1)55-38-15-3-8-29-9-4-16-39(47(29)38)59-44-28-34(26-33-12-7-17-40(48(33)44)56(36)53(55)59)32-20-23-37-43(27-32)58-42-19-6-11-31-22-25-46-52(50(31)42)60-51-45(61-46)24-21-30-10-5-18-41(49(30)51)57(37)54(58)60/h1-28H. The van der Waals surface area contributed by atoms with Gasteiger partial charge in [0.15, 0.2) is 11.5 Å². The molecule has 0 unspecified atom stereocenters. The Kier molecular flexibility index (Phi) is 4.87. The highest BCUT2D eigenvalue weighted by molar-refractivity contribution is 6.82. The third-order valence-electron chi connectivity index (χ3n) is 14.6. The maximum atomic E-state index is 6.77. The van der Waals surface area contributed by atoms with E-state index >= 15 is 0 Å². The van der Waals surface area contributed by atoms with E-state index < -0.39 is 0 Å². The highest BCUT2D eigenvalue weighted by Crippen LogP contribution is 2.66. The third-order valence-corrected chi connectivity index (χ3v) is 14.6. The summed E-state index contributed by atoms with van der Waals surface area (Å²) >= 11 is 0. The average molecular weight is 774 g/mol. The number of para-hydroxylation sites is 2. The number of hydrogen-bond donors (Lipinski definition) is 0. The molecule has 7 aliphatic rings. The van der Waals surface area contributed by atoms with Crippen LogP contribution in [-0.2, 0) is 0 Å². The summed E-state index contributed by atoms with van der Waals surface area (Å²) in [6, 6.07) is 63.5. The van der Waals surface area contributed by atoms with E-state index in [2.05, 4.69) is 199 Å². The molecule has 0 amide bonds. The zero-order valence-corrected chi connectivity index (χ0v) is 32.4. The van der Waals surface area contributed by atoms with Gasteiger partial charge < -0.3 is 33.6 Å². The van der Waals surface area contributed by atoms with Crippen molar-refractivity contribution in [1.29, 1.82) is 0 Å². The molecule has 10 aromatic rings. The Bertz CT molecular complexity index is 3790. The van der Waals surface area contributed by atoms with Crippen LogP contribution in [0.2, 0.25) is 0 Å². The van der Waals surface area contributed by atoms with Crippen LogP contribution in [-0.4, -0.2) is 14.2 Å². The summed E-state index contributed by atoms with van der Waals surface area (Å²) in [6.45, 7) is 0. The van der Waals surface area contributed by atoms with Crippen LogP contribution < -0.4 is 33.6 Å². The molecule has 7 nitrogen and oxygen atoms in total. The van der Waals surface area contributed by atoms with Gasteiger partial charge >= 0.3 is 14.2 Å². The third kappa shape index (κ3) is 3.25. The number of nitrogens with zero attached hydrogens (tertiary/aromatic N) is 6. The Labute approximate surface area is 350 Å². The number of anilines is 12. The summed E-state index contributed by atoms with van der Waals surface area (Å²) in [4.78, 5) is 15.4. The van der Waals surface area contributed by atoms with Crippen LogP contribution in [0.15, 0.2) is 170 Å². The van der Waals surface area contributed by atoms with Gasteiger partial charge in [0.1, 0.15) is 0 Å². The van der Waals surface area contributed by atoms with Gasteiger partial charge in [-0.3, -0.25) is 0 Å². The summed E-state index contributed by atoms with van der Waals surface area (Å²) in [5, 5.41) is 9.93. The van der Waals surface area contributed by atoms with Crippen LogP contribution in [0.25, 0.3) is 54.2 Å². The number of benzene rings is 10. The van der Waals surface area contributed by atoms with Crippen LogP contribution in [0, 0.1) is 0 Å². The molecule has 7 aliphatic heterocycles. The fourth-order valence-corrected chi connectivity index (χ4v) is 12.4. The highest BCUT2D eigenvalue weighted by atomic mass is 16.5. The van der Waals surface area contributed by atoms with Crippen molar-refractivity contribution in [2.24, 2.45) is 0 Å². The molecule has 0 aliphatic carbocycles. The van der Waals surface area contributed by atoms with Crippen molar-refractivity contribution in [3.8, 4) is 22.6 Å². The van der Waals surface area contributed by atoms with Crippen molar-refractivity contribution in [2.75, 3.05) is 28.9 Å². The number of rotatable bonds is 1. The highest BCUT2D eigenvalue weighted by Gasteiger charge is 2.57. The van der Waals surface area contributed by atoms with E-state index in [0.29, 0.717) is 0 Å². The molecule has 0 bridgehead atoms. The second-order valence-corrected chi connectivity index (χ2v) is 17.3. The Hall–Kier alpha value is -8.03. The SMILES string of the molecule is c1ccc2c(c1)N1B3N2c2cccc4cc(-c5ccc6c(c5)N5B7N6c6cccc8ccc9c(c68)N7c6c(ccc7cccc5c67)O9)cc(c24)N3c2cccc3cccc1c23. The predicted molar refractivity (Wildman–Crippen MR) is 252 cm³/mol. The molecule has 17 rings (SSSR count). The molecule has 0 radical (unpaired) electrons. The number of ether oxygens (including phenoxy) is 1. The minimum Gasteiger partial charge on any atom is -0.453 e. The van der Waals surface area contributed by atoms with E-state index in [4.69, 9.17) is 4.74 Å². The molecule has 0 atom stereocenters. The van der Waals surface area contributed by atoms with Gasteiger partial charge in [0.25, 0.3) is 0 Å². The first-order chi connectivity index (χ1) is 30.3. The predicted octanol–water partition coefficient (Wildman–Crippen LogP) is 13.6. The van der Waals surface area contributed by atoms with Gasteiger partial charge in [-0.05, 0) is 112 Å².